The fourth-order valence-corrected chi connectivity index (χ4v) is 1.74. The number of benzene rings is 2. The minimum absolute atomic E-state index is 0.384. The molecular weight excluding hydrogens is 245 g/mol. The topological polar surface area (TPSA) is 35.2 Å². The Kier molecular flexibility index (Phi) is 3.22. The molecule has 0 aromatic heterocycles. The number of hydrogen-bond donors (Lipinski definition) is 1. The number of para-hydroxylation sites is 1. The van der Waals surface area contributed by atoms with Gasteiger partial charge < -0.3 is 10.5 Å². The van der Waals surface area contributed by atoms with E-state index in [-0.39, 0.29) is 0 Å². The second-order valence-electron chi connectivity index (χ2n) is 3.21. The summed E-state index contributed by atoms with van der Waals surface area (Å²) in [5.74, 6) is 1.15. The molecule has 0 aliphatic carbocycles. The molecule has 0 bridgehead atoms. The van der Waals surface area contributed by atoms with Gasteiger partial charge in [0, 0.05) is 11.1 Å². The molecule has 0 radical (unpaired) electrons. The van der Waals surface area contributed by atoms with E-state index in [1.54, 1.807) is 12.1 Å². The summed E-state index contributed by atoms with van der Waals surface area (Å²) in [7, 11) is 0. The van der Waals surface area contributed by atoms with Gasteiger partial charge in [-0.05, 0) is 18.2 Å². The van der Waals surface area contributed by atoms with Crippen LogP contribution in [0.1, 0.15) is 0 Å². The average Bonchev–Trinajstić information content (AvgIpc) is 2.27. The lowest BCUT2D eigenvalue weighted by molar-refractivity contribution is 0.485. The van der Waals surface area contributed by atoms with E-state index in [0.29, 0.717) is 27.2 Å². The average molecular weight is 254 g/mol. The summed E-state index contributed by atoms with van der Waals surface area (Å²) < 4.78 is 5.58. The standard InChI is InChI=1S/C12H9Cl2NO/c13-8-6-10(14)12(15)11(7-8)16-9-4-2-1-3-5-9/h1-7H,15H2. The zero-order valence-corrected chi connectivity index (χ0v) is 9.79. The highest BCUT2D eigenvalue weighted by atomic mass is 35.5. The molecule has 0 saturated carbocycles. The van der Waals surface area contributed by atoms with Crippen molar-refractivity contribution in [2.45, 2.75) is 0 Å². The minimum Gasteiger partial charge on any atom is -0.455 e. The van der Waals surface area contributed by atoms with E-state index in [0.717, 1.165) is 0 Å². The van der Waals surface area contributed by atoms with Crippen LogP contribution in [0.25, 0.3) is 0 Å². The summed E-state index contributed by atoms with van der Waals surface area (Å²) in [4.78, 5) is 0. The molecule has 2 aromatic rings. The van der Waals surface area contributed by atoms with Crippen molar-refractivity contribution in [3.63, 3.8) is 0 Å². The zero-order valence-electron chi connectivity index (χ0n) is 8.28. The first-order valence-electron chi connectivity index (χ1n) is 4.64. The van der Waals surface area contributed by atoms with Crippen LogP contribution in [0.4, 0.5) is 5.69 Å². The molecule has 4 heteroatoms. The molecule has 0 amide bonds. The van der Waals surface area contributed by atoms with Crippen LogP contribution in [0.2, 0.25) is 10.0 Å². The van der Waals surface area contributed by atoms with Crippen LogP contribution in [0.3, 0.4) is 0 Å². The normalized spacial score (nSPS) is 10.1. The molecule has 0 aliphatic heterocycles. The van der Waals surface area contributed by atoms with E-state index in [4.69, 9.17) is 33.7 Å². The third kappa shape index (κ3) is 2.40. The van der Waals surface area contributed by atoms with Gasteiger partial charge in [-0.1, -0.05) is 41.4 Å². The van der Waals surface area contributed by atoms with Crippen molar-refractivity contribution in [2.24, 2.45) is 0 Å². The molecular formula is C12H9Cl2NO. The Morgan fingerprint density at radius 3 is 2.38 bits per heavy atom. The van der Waals surface area contributed by atoms with Crippen molar-refractivity contribution in [2.75, 3.05) is 5.73 Å². The van der Waals surface area contributed by atoms with E-state index in [1.807, 2.05) is 30.3 Å². The van der Waals surface area contributed by atoms with Crippen LogP contribution in [0.5, 0.6) is 11.5 Å². The first kappa shape index (κ1) is 11.1. The van der Waals surface area contributed by atoms with Gasteiger partial charge in [0.05, 0.1) is 10.7 Å². The second kappa shape index (κ2) is 4.64. The van der Waals surface area contributed by atoms with Crippen molar-refractivity contribution < 1.29 is 4.74 Å². The van der Waals surface area contributed by atoms with Crippen LogP contribution in [0, 0.1) is 0 Å². The van der Waals surface area contributed by atoms with Crippen molar-refractivity contribution in [3.8, 4) is 11.5 Å². The molecule has 0 spiro atoms. The molecule has 2 N–H and O–H groups in total. The number of anilines is 1. The van der Waals surface area contributed by atoms with Crippen molar-refractivity contribution >= 4 is 28.9 Å². The maximum absolute atomic E-state index is 5.90. The van der Waals surface area contributed by atoms with Gasteiger partial charge in [-0.25, -0.2) is 0 Å². The number of nitrogen functional groups attached to an aromatic ring is 1. The van der Waals surface area contributed by atoms with Crippen LogP contribution >= 0.6 is 23.2 Å². The molecule has 0 heterocycles. The predicted octanol–water partition coefficient (Wildman–Crippen LogP) is 4.37. The summed E-state index contributed by atoms with van der Waals surface area (Å²) in [6.45, 7) is 0. The van der Waals surface area contributed by atoms with E-state index < -0.39 is 0 Å². The molecule has 0 aliphatic rings. The summed E-state index contributed by atoms with van der Waals surface area (Å²) in [5.41, 5.74) is 6.17. The smallest absolute Gasteiger partial charge is 0.153 e. The Morgan fingerprint density at radius 2 is 1.69 bits per heavy atom. The zero-order chi connectivity index (χ0) is 11.5. The second-order valence-corrected chi connectivity index (χ2v) is 4.06. The highest BCUT2D eigenvalue weighted by Crippen LogP contribution is 2.35. The van der Waals surface area contributed by atoms with Crippen molar-refractivity contribution in [1.82, 2.24) is 0 Å². The number of nitrogens with two attached hydrogens (primary N) is 1. The first-order chi connectivity index (χ1) is 7.66. The Labute approximate surface area is 104 Å². The van der Waals surface area contributed by atoms with Crippen molar-refractivity contribution in [1.29, 1.82) is 0 Å². The van der Waals surface area contributed by atoms with E-state index >= 15 is 0 Å². The van der Waals surface area contributed by atoms with Gasteiger partial charge in [-0.3, -0.25) is 0 Å². The third-order valence-electron chi connectivity index (χ3n) is 2.03. The van der Waals surface area contributed by atoms with Crippen LogP contribution in [0.15, 0.2) is 42.5 Å². The molecule has 0 fully saturated rings. The SMILES string of the molecule is Nc1c(Cl)cc(Cl)cc1Oc1ccccc1. The van der Waals surface area contributed by atoms with Gasteiger partial charge >= 0.3 is 0 Å². The predicted molar refractivity (Wildman–Crippen MR) is 67.4 cm³/mol. The van der Waals surface area contributed by atoms with Gasteiger partial charge in [-0.2, -0.15) is 0 Å². The van der Waals surface area contributed by atoms with E-state index in [9.17, 15) is 0 Å². The summed E-state index contributed by atoms with van der Waals surface area (Å²) in [6, 6.07) is 12.5. The number of rotatable bonds is 2. The lowest BCUT2D eigenvalue weighted by Crippen LogP contribution is -1.93. The van der Waals surface area contributed by atoms with Gasteiger partial charge in [0.15, 0.2) is 5.75 Å². The fraction of sp³-hybridized carbons (Fsp3) is 0. The Morgan fingerprint density at radius 1 is 1.00 bits per heavy atom. The molecule has 2 rings (SSSR count). The largest absolute Gasteiger partial charge is 0.455 e. The number of halogens is 2. The van der Waals surface area contributed by atoms with Crippen LogP contribution in [-0.2, 0) is 0 Å². The summed E-state index contributed by atoms with van der Waals surface area (Å²) in [5, 5.41) is 0.878. The maximum Gasteiger partial charge on any atom is 0.153 e. The number of ether oxygens (including phenoxy) is 1. The molecule has 82 valence electrons. The molecule has 0 unspecified atom stereocenters. The van der Waals surface area contributed by atoms with E-state index in [2.05, 4.69) is 0 Å². The Bertz CT molecular complexity index is 500. The molecule has 16 heavy (non-hydrogen) atoms. The van der Waals surface area contributed by atoms with Gasteiger partial charge in [0.25, 0.3) is 0 Å². The lowest BCUT2D eigenvalue weighted by atomic mass is 10.3. The summed E-state index contributed by atoms with van der Waals surface area (Å²) >= 11 is 11.8. The summed E-state index contributed by atoms with van der Waals surface area (Å²) in [6.07, 6.45) is 0. The molecule has 2 nitrogen and oxygen atoms in total. The Balaban J connectivity index is 2.35. The van der Waals surface area contributed by atoms with Crippen LogP contribution in [-0.4, -0.2) is 0 Å². The van der Waals surface area contributed by atoms with Gasteiger partial charge in [-0.15, -0.1) is 0 Å². The number of hydrogen-bond acceptors (Lipinski definition) is 2. The lowest BCUT2D eigenvalue weighted by Gasteiger charge is -2.09. The monoisotopic (exact) mass is 253 g/mol. The molecule has 0 saturated heterocycles. The first-order valence-corrected chi connectivity index (χ1v) is 5.40. The van der Waals surface area contributed by atoms with E-state index in [1.165, 1.54) is 0 Å². The highest BCUT2D eigenvalue weighted by Gasteiger charge is 2.07. The van der Waals surface area contributed by atoms with Crippen molar-refractivity contribution in [3.05, 3.63) is 52.5 Å². The fourth-order valence-electron chi connectivity index (χ4n) is 1.26. The minimum atomic E-state index is 0.384. The van der Waals surface area contributed by atoms with Crippen LogP contribution < -0.4 is 10.5 Å². The van der Waals surface area contributed by atoms with Gasteiger partial charge in [0.2, 0.25) is 0 Å². The molecule has 0 atom stereocenters. The van der Waals surface area contributed by atoms with Gasteiger partial charge in [0.1, 0.15) is 5.75 Å². The maximum atomic E-state index is 5.90. The third-order valence-corrected chi connectivity index (χ3v) is 2.56. The molecule has 2 aromatic carbocycles. The Hall–Kier alpha value is -1.38. The highest BCUT2D eigenvalue weighted by molar-refractivity contribution is 6.36. The quantitative estimate of drug-likeness (QED) is 0.807.